The van der Waals surface area contributed by atoms with E-state index in [4.69, 9.17) is 0 Å². The van der Waals surface area contributed by atoms with Gasteiger partial charge in [-0.2, -0.15) is 6.92 Å². The summed E-state index contributed by atoms with van der Waals surface area (Å²) >= 11 is 0. The first-order valence-electron chi connectivity index (χ1n) is 5.24. The summed E-state index contributed by atoms with van der Waals surface area (Å²) in [6.07, 6.45) is 2.76. The van der Waals surface area contributed by atoms with Crippen LogP contribution in [-0.2, 0) is 21.1 Å². The predicted octanol–water partition coefficient (Wildman–Crippen LogP) is 1.64. The predicted molar refractivity (Wildman–Crippen MR) is 57.1 cm³/mol. The number of likely N-dealkylation sites (N-methyl/N-ethyl adjacent to an activating group) is 1. The van der Waals surface area contributed by atoms with Gasteiger partial charge >= 0.3 is 21.1 Å². The number of likely N-dealkylation sites (tertiary alicyclic amines) is 2. The van der Waals surface area contributed by atoms with Crippen molar-refractivity contribution in [1.82, 2.24) is 9.80 Å². The van der Waals surface area contributed by atoms with Crippen LogP contribution in [0.25, 0.3) is 0 Å². The maximum absolute atomic E-state index is 4.06. The molecule has 82 valence electrons. The van der Waals surface area contributed by atoms with Gasteiger partial charge in [0.1, 0.15) is 0 Å². The summed E-state index contributed by atoms with van der Waals surface area (Å²) in [5.41, 5.74) is 0. The normalized spacial score (nSPS) is 32.6. The smallest absolute Gasteiger partial charge is 0.455 e. The maximum Gasteiger partial charge on any atom is 2.00 e. The second kappa shape index (κ2) is 6.98. The van der Waals surface area contributed by atoms with Gasteiger partial charge in [-0.15, -0.1) is 0 Å². The molecule has 0 aromatic heterocycles. The van der Waals surface area contributed by atoms with Crippen molar-refractivity contribution < 1.29 is 21.1 Å². The van der Waals surface area contributed by atoms with Crippen molar-refractivity contribution in [1.29, 1.82) is 0 Å². The van der Waals surface area contributed by atoms with Gasteiger partial charge in [0.05, 0.1) is 0 Å². The molecule has 0 saturated carbocycles. The van der Waals surface area contributed by atoms with Crippen LogP contribution in [0.4, 0.5) is 0 Å². The first kappa shape index (κ1) is 14.6. The van der Waals surface area contributed by atoms with Crippen molar-refractivity contribution in [3.8, 4) is 0 Å². The zero-order chi connectivity index (χ0) is 9.84. The summed E-state index contributed by atoms with van der Waals surface area (Å²) < 4.78 is 0. The van der Waals surface area contributed by atoms with Gasteiger partial charge in [-0.1, -0.05) is 0 Å². The molecular formula is C11H22N2W. The van der Waals surface area contributed by atoms with E-state index >= 15 is 0 Å². The van der Waals surface area contributed by atoms with E-state index in [0.29, 0.717) is 0 Å². The van der Waals surface area contributed by atoms with Crippen molar-refractivity contribution in [3.63, 3.8) is 0 Å². The molecule has 2 heterocycles. The van der Waals surface area contributed by atoms with Gasteiger partial charge in [-0.3, -0.25) is 7.05 Å². The molecule has 0 bridgehead atoms. The van der Waals surface area contributed by atoms with Crippen LogP contribution in [-0.4, -0.2) is 42.5 Å². The summed E-state index contributed by atoms with van der Waals surface area (Å²) in [7, 11) is 6.27. The van der Waals surface area contributed by atoms with Gasteiger partial charge < -0.3 is 16.7 Å². The van der Waals surface area contributed by atoms with Crippen LogP contribution in [0.1, 0.15) is 19.8 Å². The zero-order valence-electron chi connectivity index (χ0n) is 9.41. The largest absolute Gasteiger partial charge is 2.00 e. The first-order valence-corrected chi connectivity index (χ1v) is 5.24. The topological polar surface area (TPSA) is 6.48 Å². The second-order valence-corrected chi connectivity index (χ2v) is 3.98. The standard InChI is InChI=1S/C9H17N2.C2H5.W/c1-10-5-3-8-4-6-11(2)9(8)7-10;1-2;/h8-9H,2-7H2,1H3;1H2,2H3;/q2*-1;+2/t8-,9-;;/m1../s1. The summed E-state index contributed by atoms with van der Waals surface area (Å²) in [6, 6.07) is 0.758. The Morgan fingerprint density at radius 1 is 1.14 bits per heavy atom. The Labute approximate surface area is 103 Å². The molecule has 2 atom stereocenters. The summed E-state index contributed by atoms with van der Waals surface area (Å²) in [5, 5.41) is 0. The Kier molecular flexibility index (Phi) is 7.28. The molecule has 2 nitrogen and oxygen atoms in total. The molecule has 3 heteroatoms. The molecule has 2 fully saturated rings. The van der Waals surface area contributed by atoms with Gasteiger partial charge in [0, 0.05) is 6.54 Å². The minimum Gasteiger partial charge on any atom is -0.455 e. The third kappa shape index (κ3) is 3.32. The number of hydrogen-bond acceptors (Lipinski definition) is 2. The first-order chi connectivity index (χ1) is 6.27. The molecular weight excluding hydrogens is 344 g/mol. The molecule has 0 N–H and O–H groups in total. The summed E-state index contributed by atoms with van der Waals surface area (Å²) in [6.45, 7) is 8.73. The third-order valence-corrected chi connectivity index (χ3v) is 3.18. The van der Waals surface area contributed by atoms with Crippen LogP contribution in [0.15, 0.2) is 0 Å². The molecule has 14 heavy (non-hydrogen) atoms. The van der Waals surface area contributed by atoms with Crippen LogP contribution in [0.3, 0.4) is 0 Å². The van der Waals surface area contributed by atoms with Crippen LogP contribution in [0, 0.1) is 19.9 Å². The van der Waals surface area contributed by atoms with Crippen molar-refractivity contribution >= 4 is 0 Å². The van der Waals surface area contributed by atoms with E-state index in [9.17, 15) is 0 Å². The molecule has 0 aromatic carbocycles. The number of rotatable bonds is 0. The van der Waals surface area contributed by atoms with Gasteiger partial charge in [0.25, 0.3) is 0 Å². The van der Waals surface area contributed by atoms with Crippen LogP contribution in [0.5, 0.6) is 0 Å². The fourth-order valence-corrected chi connectivity index (χ4v) is 2.39. The monoisotopic (exact) mass is 366 g/mol. The van der Waals surface area contributed by atoms with Crippen LogP contribution < -0.4 is 0 Å². The van der Waals surface area contributed by atoms with Crippen molar-refractivity contribution in [2.45, 2.75) is 25.8 Å². The minimum atomic E-state index is 0. The number of hydrogen-bond donors (Lipinski definition) is 0. The van der Waals surface area contributed by atoms with Gasteiger partial charge in [-0.05, 0) is 44.9 Å². The fraction of sp³-hybridized carbons (Fsp3) is 0.818. The second-order valence-electron chi connectivity index (χ2n) is 3.98. The molecule has 0 unspecified atom stereocenters. The molecule has 2 aliphatic heterocycles. The summed E-state index contributed by atoms with van der Waals surface area (Å²) in [4.78, 5) is 4.70. The average Bonchev–Trinajstić information content (AvgIpc) is 2.52. The number of fused-ring (bicyclic) bond motifs is 1. The Balaban J connectivity index is 0.000000531. The quantitative estimate of drug-likeness (QED) is 0.602. The fourth-order valence-electron chi connectivity index (χ4n) is 2.39. The molecule has 0 aliphatic carbocycles. The number of piperidine rings is 1. The van der Waals surface area contributed by atoms with E-state index in [-0.39, 0.29) is 21.1 Å². The molecule has 2 aliphatic rings. The van der Waals surface area contributed by atoms with Gasteiger partial charge in [-0.25, -0.2) is 0 Å². The molecule has 0 radical (unpaired) electrons. The Morgan fingerprint density at radius 2 is 1.71 bits per heavy atom. The van der Waals surface area contributed by atoms with Crippen molar-refractivity contribution in [2.24, 2.45) is 5.92 Å². The minimum absolute atomic E-state index is 0. The van der Waals surface area contributed by atoms with Crippen LogP contribution >= 0.6 is 0 Å². The average molecular weight is 366 g/mol. The molecule has 0 aromatic rings. The third-order valence-electron chi connectivity index (χ3n) is 3.18. The molecule has 0 amide bonds. The zero-order valence-corrected chi connectivity index (χ0v) is 12.3. The number of nitrogens with zero attached hydrogens (tertiary/aromatic N) is 2. The van der Waals surface area contributed by atoms with Crippen LogP contribution in [0.2, 0.25) is 0 Å². The van der Waals surface area contributed by atoms with E-state index in [1.54, 1.807) is 6.92 Å². The van der Waals surface area contributed by atoms with E-state index < -0.39 is 0 Å². The maximum atomic E-state index is 4.06. The van der Waals surface area contributed by atoms with E-state index in [2.05, 4.69) is 30.8 Å². The Hall–Kier alpha value is 0.608. The van der Waals surface area contributed by atoms with E-state index in [1.807, 2.05) is 0 Å². The Morgan fingerprint density at radius 3 is 2.36 bits per heavy atom. The SMILES string of the molecule is [CH2-]C.[CH2-]N1CC[C@H]2CCN(C)C[C@H]21.[W+2]. The molecule has 2 rings (SSSR count). The van der Waals surface area contributed by atoms with Crippen molar-refractivity contribution in [2.75, 3.05) is 26.7 Å². The van der Waals surface area contributed by atoms with Gasteiger partial charge in [0.15, 0.2) is 0 Å². The van der Waals surface area contributed by atoms with Gasteiger partial charge in [0.2, 0.25) is 0 Å². The van der Waals surface area contributed by atoms with Crippen molar-refractivity contribution in [3.05, 3.63) is 14.0 Å². The molecule has 0 spiro atoms. The summed E-state index contributed by atoms with van der Waals surface area (Å²) in [5.74, 6) is 0.948. The molecule has 2 saturated heterocycles. The van der Waals surface area contributed by atoms with E-state index in [1.165, 1.54) is 32.5 Å². The Bertz CT molecular complexity index is 152. The van der Waals surface area contributed by atoms with E-state index in [0.717, 1.165) is 12.0 Å².